The summed E-state index contributed by atoms with van der Waals surface area (Å²) in [6.07, 6.45) is 9.12. The van der Waals surface area contributed by atoms with Crippen molar-refractivity contribution in [2.75, 3.05) is 11.9 Å². The predicted molar refractivity (Wildman–Crippen MR) is 106 cm³/mol. The molecule has 1 fully saturated rings. The molecule has 0 radical (unpaired) electrons. The molecule has 1 saturated carbocycles. The third kappa shape index (κ3) is 3.41. The SMILES string of the molecule is CC(C)n1cnnc1OCC1CC(c2cc(Nc3nccn4nccc34)n[nH]2)C1. The van der Waals surface area contributed by atoms with Crippen molar-refractivity contribution in [3.05, 3.63) is 42.7 Å². The van der Waals surface area contributed by atoms with E-state index in [0.29, 0.717) is 24.5 Å². The van der Waals surface area contributed by atoms with E-state index < -0.39 is 0 Å². The molecular weight excluding hydrogens is 370 g/mol. The van der Waals surface area contributed by atoms with Crippen LogP contribution in [0.3, 0.4) is 0 Å². The standard InChI is InChI=1S/C19H23N9O/c1-12(2)27-11-21-26-19(27)29-10-13-7-14(8-13)15-9-17(25-24-15)23-18-16-3-4-22-28(16)6-5-20-18/h3-6,9,11-14H,7-8,10H2,1-2H3,(H2,20,23,24,25). The summed E-state index contributed by atoms with van der Waals surface area (Å²) in [7, 11) is 0. The zero-order chi connectivity index (χ0) is 19.8. The van der Waals surface area contributed by atoms with Gasteiger partial charge in [0.2, 0.25) is 0 Å². The lowest BCUT2D eigenvalue weighted by atomic mass is 9.74. The van der Waals surface area contributed by atoms with Gasteiger partial charge in [-0.3, -0.25) is 9.67 Å². The summed E-state index contributed by atoms with van der Waals surface area (Å²) >= 11 is 0. The van der Waals surface area contributed by atoms with Crippen molar-refractivity contribution >= 4 is 17.2 Å². The molecule has 10 nitrogen and oxygen atoms in total. The average molecular weight is 393 g/mol. The van der Waals surface area contributed by atoms with Gasteiger partial charge in [-0.25, -0.2) is 9.50 Å². The summed E-state index contributed by atoms with van der Waals surface area (Å²) in [6, 6.07) is 4.85. The quantitative estimate of drug-likeness (QED) is 0.496. The minimum Gasteiger partial charge on any atom is -0.463 e. The van der Waals surface area contributed by atoms with E-state index in [1.165, 1.54) is 0 Å². The number of H-pyrrole nitrogens is 1. The predicted octanol–water partition coefficient (Wildman–Crippen LogP) is 2.94. The maximum absolute atomic E-state index is 5.88. The molecule has 5 rings (SSSR count). The number of hydrogen-bond acceptors (Lipinski definition) is 7. The molecule has 2 N–H and O–H groups in total. The van der Waals surface area contributed by atoms with Gasteiger partial charge in [0.15, 0.2) is 11.6 Å². The molecule has 0 aliphatic heterocycles. The number of nitrogens with zero attached hydrogens (tertiary/aromatic N) is 7. The molecule has 10 heteroatoms. The highest BCUT2D eigenvalue weighted by molar-refractivity contribution is 5.71. The van der Waals surface area contributed by atoms with Gasteiger partial charge >= 0.3 is 6.01 Å². The highest BCUT2D eigenvalue weighted by atomic mass is 16.5. The molecule has 0 spiro atoms. The van der Waals surface area contributed by atoms with Gasteiger partial charge in [-0.05, 0) is 38.7 Å². The highest BCUT2D eigenvalue weighted by Gasteiger charge is 2.32. The molecule has 0 amide bonds. The molecule has 4 heterocycles. The maximum Gasteiger partial charge on any atom is 0.316 e. The molecule has 1 aliphatic rings. The maximum atomic E-state index is 5.88. The van der Waals surface area contributed by atoms with Crippen LogP contribution in [0.15, 0.2) is 37.1 Å². The van der Waals surface area contributed by atoms with Crippen LogP contribution in [-0.4, -0.2) is 46.2 Å². The summed E-state index contributed by atoms with van der Waals surface area (Å²) in [5, 5.41) is 23.0. The highest BCUT2D eigenvalue weighted by Crippen LogP contribution is 2.41. The number of hydrogen-bond donors (Lipinski definition) is 2. The van der Waals surface area contributed by atoms with E-state index in [0.717, 1.165) is 35.7 Å². The number of rotatable bonds is 7. The molecule has 4 aromatic heterocycles. The molecule has 150 valence electrons. The second kappa shape index (κ2) is 7.19. The van der Waals surface area contributed by atoms with Crippen molar-refractivity contribution in [2.45, 2.75) is 38.6 Å². The normalized spacial score (nSPS) is 18.9. The topological polar surface area (TPSA) is 111 Å². The van der Waals surface area contributed by atoms with E-state index in [1.807, 2.05) is 16.8 Å². The van der Waals surface area contributed by atoms with E-state index in [1.54, 1.807) is 23.2 Å². The van der Waals surface area contributed by atoms with Crippen molar-refractivity contribution in [3.63, 3.8) is 0 Å². The number of anilines is 2. The number of ether oxygens (including phenoxy) is 1. The Hall–Kier alpha value is -3.43. The Bertz CT molecular complexity index is 1110. The minimum atomic E-state index is 0.285. The van der Waals surface area contributed by atoms with Crippen molar-refractivity contribution in [3.8, 4) is 6.01 Å². The Morgan fingerprint density at radius 2 is 2.21 bits per heavy atom. The van der Waals surface area contributed by atoms with Crippen LogP contribution in [-0.2, 0) is 0 Å². The van der Waals surface area contributed by atoms with Crippen LogP contribution >= 0.6 is 0 Å². The molecule has 0 aromatic carbocycles. The van der Waals surface area contributed by atoms with E-state index in [9.17, 15) is 0 Å². The van der Waals surface area contributed by atoms with Gasteiger partial charge in [-0.1, -0.05) is 5.10 Å². The molecule has 0 saturated heterocycles. The first kappa shape index (κ1) is 17.7. The van der Waals surface area contributed by atoms with E-state index in [-0.39, 0.29) is 6.04 Å². The molecule has 1 aliphatic carbocycles. The van der Waals surface area contributed by atoms with Crippen LogP contribution in [0.25, 0.3) is 5.52 Å². The summed E-state index contributed by atoms with van der Waals surface area (Å²) in [5.41, 5.74) is 2.04. The molecule has 0 unspecified atom stereocenters. The second-order valence-corrected chi connectivity index (χ2v) is 7.73. The number of fused-ring (bicyclic) bond motifs is 1. The lowest BCUT2D eigenvalue weighted by Gasteiger charge is -2.34. The van der Waals surface area contributed by atoms with Crippen molar-refractivity contribution in [2.24, 2.45) is 5.92 Å². The molecular formula is C19H23N9O. The Morgan fingerprint density at radius 3 is 3.07 bits per heavy atom. The smallest absolute Gasteiger partial charge is 0.316 e. The first-order chi connectivity index (χ1) is 14.2. The van der Waals surface area contributed by atoms with Gasteiger partial charge in [0.1, 0.15) is 11.8 Å². The second-order valence-electron chi connectivity index (χ2n) is 7.73. The molecule has 4 aromatic rings. The summed E-state index contributed by atoms with van der Waals surface area (Å²) in [5.74, 6) is 2.47. The lowest BCUT2D eigenvalue weighted by molar-refractivity contribution is 0.142. The zero-order valence-corrected chi connectivity index (χ0v) is 16.4. The first-order valence-corrected chi connectivity index (χ1v) is 9.80. The Balaban J connectivity index is 1.16. The van der Waals surface area contributed by atoms with Gasteiger partial charge < -0.3 is 10.1 Å². The van der Waals surface area contributed by atoms with E-state index in [4.69, 9.17) is 4.74 Å². The Labute approximate surface area is 167 Å². The van der Waals surface area contributed by atoms with Gasteiger partial charge in [0.25, 0.3) is 0 Å². The number of aromatic nitrogens is 8. The van der Waals surface area contributed by atoms with Crippen LogP contribution in [0.5, 0.6) is 6.01 Å². The third-order valence-electron chi connectivity index (χ3n) is 5.39. The van der Waals surface area contributed by atoms with E-state index in [2.05, 4.69) is 55.7 Å². The molecule has 29 heavy (non-hydrogen) atoms. The third-order valence-corrected chi connectivity index (χ3v) is 5.39. The Kier molecular flexibility index (Phi) is 4.38. The largest absolute Gasteiger partial charge is 0.463 e. The lowest BCUT2D eigenvalue weighted by Crippen LogP contribution is -2.28. The van der Waals surface area contributed by atoms with Crippen LogP contribution in [0, 0.1) is 5.92 Å². The fraction of sp³-hybridized carbons (Fsp3) is 0.421. The van der Waals surface area contributed by atoms with Crippen molar-refractivity contribution < 1.29 is 4.74 Å². The van der Waals surface area contributed by atoms with Crippen LogP contribution < -0.4 is 10.1 Å². The fourth-order valence-electron chi connectivity index (χ4n) is 3.69. The average Bonchev–Trinajstić information content (AvgIpc) is 3.41. The van der Waals surface area contributed by atoms with Gasteiger partial charge in [0, 0.05) is 36.1 Å². The van der Waals surface area contributed by atoms with Crippen LogP contribution in [0.2, 0.25) is 0 Å². The molecule has 0 bridgehead atoms. The zero-order valence-electron chi connectivity index (χ0n) is 16.4. The first-order valence-electron chi connectivity index (χ1n) is 9.80. The molecule has 0 atom stereocenters. The van der Waals surface area contributed by atoms with Crippen molar-refractivity contribution in [1.82, 2.24) is 39.6 Å². The van der Waals surface area contributed by atoms with E-state index >= 15 is 0 Å². The number of aromatic amines is 1. The van der Waals surface area contributed by atoms with Gasteiger partial charge in [0.05, 0.1) is 12.8 Å². The summed E-state index contributed by atoms with van der Waals surface area (Å²) in [4.78, 5) is 4.39. The van der Waals surface area contributed by atoms with Crippen LogP contribution in [0.1, 0.15) is 44.3 Å². The van der Waals surface area contributed by atoms with Gasteiger partial charge in [-0.2, -0.15) is 10.2 Å². The summed E-state index contributed by atoms with van der Waals surface area (Å²) < 4.78 is 9.60. The van der Waals surface area contributed by atoms with Crippen LogP contribution in [0.4, 0.5) is 11.6 Å². The minimum absolute atomic E-state index is 0.285. The summed E-state index contributed by atoms with van der Waals surface area (Å²) in [6.45, 7) is 4.83. The van der Waals surface area contributed by atoms with Crippen molar-refractivity contribution in [1.29, 1.82) is 0 Å². The Morgan fingerprint density at radius 1 is 1.31 bits per heavy atom. The monoisotopic (exact) mass is 393 g/mol. The number of nitrogens with one attached hydrogen (secondary N) is 2. The fourth-order valence-corrected chi connectivity index (χ4v) is 3.69. The van der Waals surface area contributed by atoms with Gasteiger partial charge in [-0.15, -0.1) is 5.10 Å².